The quantitative estimate of drug-likeness (QED) is 0.539. The van der Waals surface area contributed by atoms with Gasteiger partial charge in [0.05, 0.1) is 31.0 Å². The Bertz CT molecular complexity index is 971. The van der Waals surface area contributed by atoms with Crippen molar-refractivity contribution in [1.82, 2.24) is 14.5 Å². The van der Waals surface area contributed by atoms with Crippen molar-refractivity contribution in [3.05, 3.63) is 48.0 Å². The lowest BCUT2D eigenvalue weighted by molar-refractivity contribution is -0.127. The van der Waals surface area contributed by atoms with Crippen molar-refractivity contribution >= 4 is 28.7 Å². The second-order valence-corrected chi connectivity index (χ2v) is 7.29. The largest absolute Gasteiger partial charge is 0.497 e. The molecular weight excluding hydrogens is 374 g/mol. The number of rotatable bonds is 8. The number of fused-ring (bicyclic) bond motifs is 1. The second kappa shape index (κ2) is 9.01. The number of aromatic nitrogens is 2. The molecule has 148 valence electrons. The van der Waals surface area contributed by atoms with Gasteiger partial charge in [-0.25, -0.2) is 4.98 Å². The van der Waals surface area contributed by atoms with Crippen LogP contribution in [0.3, 0.4) is 0 Å². The molecule has 0 unspecified atom stereocenters. The van der Waals surface area contributed by atoms with E-state index < -0.39 is 0 Å². The van der Waals surface area contributed by atoms with Gasteiger partial charge in [0, 0.05) is 31.8 Å². The lowest BCUT2D eigenvalue weighted by atomic mass is 10.2. The van der Waals surface area contributed by atoms with Crippen molar-refractivity contribution in [1.29, 1.82) is 0 Å². The SMILES string of the molecule is CCn1c(SCC(=O)N(C)Cc2ccc(OC)cc2OC)nc2ccccc21. The first-order valence-electron chi connectivity index (χ1n) is 9.10. The Hall–Kier alpha value is -2.67. The second-order valence-electron chi connectivity index (χ2n) is 6.34. The molecule has 3 rings (SSSR count). The third-order valence-corrected chi connectivity index (χ3v) is 5.55. The van der Waals surface area contributed by atoms with E-state index in [1.807, 2.05) is 36.4 Å². The Kier molecular flexibility index (Phi) is 6.46. The topological polar surface area (TPSA) is 56.6 Å². The smallest absolute Gasteiger partial charge is 0.233 e. The molecule has 0 saturated carbocycles. The lowest BCUT2D eigenvalue weighted by Crippen LogP contribution is -2.28. The van der Waals surface area contributed by atoms with Crippen LogP contribution in [0, 0.1) is 0 Å². The van der Waals surface area contributed by atoms with Crippen LogP contribution in [0.5, 0.6) is 11.5 Å². The van der Waals surface area contributed by atoms with Crippen LogP contribution in [-0.2, 0) is 17.9 Å². The Labute approximate surface area is 169 Å². The Morgan fingerprint density at radius 3 is 2.68 bits per heavy atom. The summed E-state index contributed by atoms with van der Waals surface area (Å²) in [5, 5.41) is 0.868. The maximum absolute atomic E-state index is 12.7. The van der Waals surface area contributed by atoms with Gasteiger partial charge in [-0.15, -0.1) is 0 Å². The van der Waals surface area contributed by atoms with E-state index in [-0.39, 0.29) is 5.91 Å². The molecule has 0 N–H and O–H groups in total. The summed E-state index contributed by atoms with van der Waals surface area (Å²) in [6.07, 6.45) is 0. The summed E-state index contributed by atoms with van der Waals surface area (Å²) in [4.78, 5) is 19.0. The average Bonchev–Trinajstić information content (AvgIpc) is 3.09. The van der Waals surface area contributed by atoms with E-state index in [0.29, 0.717) is 18.0 Å². The van der Waals surface area contributed by atoms with Crippen molar-refractivity contribution in [3.63, 3.8) is 0 Å². The number of hydrogen-bond donors (Lipinski definition) is 0. The van der Waals surface area contributed by atoms with E-state index in [4.69, 9.17) is 9.47 Å². The van der Waals surface area contributed by atoms with Gasteiger partial charge in [-0.3, -0.25) is 4.79 Å². The molecule has 3 aromatic rings. The monoisotopic (exact) mass is 399 g/mol. The van der Waals surface area contributed by atoms with Crippen LogP contribution in [0.1, 0.15) is 12.5 Å². The molecule has 0 radical (unpaired) electrons. The van der Waals surface area contributed by atoms with Crippen LogP contribution in [-0.4, -0.2) is 47.4 Å². The fourth-order valence-corrected chi connectivity index (χ4v) is 4.05. The van der Waals surface area contributed by atoms with Crippen molar-refractivity contribution in [2.45, 2.75) is 25.2 Å². The average molecular weight is 400 g/mol. The molecule has 1 amide bonds. The highest BCUT2D eigenvalue weighted by atomic mass is 32.2. The molecule has 6 nitrogen and oxygen atoms in total. The third-order valence-electron chi connectivity index (χ3n) is 4.59. The summed E-state index contributed by atoms with van der Waals surface area (Å²) in [5.74, 6) is 1.80. The van der Waals surface area contributed by atoms with E-state index in [0.717, 1.165) is 34.0 Å². The fraction of sp³-hybridized carbons (Fsp3) is 0.333. The Morgan fingerprint density at radius 2 is 1.96 bits per heavy atom. The number of hydrogen-bond acceptors (Lipinski definition) is 5. The van der Waals surface area contributed by atoms with Crippen LogP contribution in [0.2, 0.25) is 0 Å². The number of benzene rings is 2. The standard InChI is InChI=1S/C21H25N3O3S/c1-5-24-18-9-7-6-8-17(18)22-21(24)28-14-20(25)23(2)13-15-10-11-16(26-3)12-19(15)27-4/h6-12H,5,13-14H2,1-4H3. The van der Waals surface area contributed by atoms with Crippen molar-refractivity contribution in [2.75, 3.05) is 27.0 Å². The maximum Gasteiger partial charge on any atom is 0.233 e. The van der Waals surface area contributed by atoms with Gasteiger partial charge in [-0.05, 0) is 31.2 Å². The first-order chi connectivity index (χ1) is 13.6. The summed E-state index contributed by atoms with van der Waals surface area (Å²) in [7, 11) is 5.03. The molecule has 0 aliphatic carbocycles. The molecule has 1 heterocycles. The van der Waals surface area contributed by atoms with Crippen molar-refractivity contribution in [3.8, 4) is 11.5 Å². The highest BCUT2D eigenvalue weighted by Crippen LogP contribution is 2.27. The number of thioether (sulfide) groups is 1. The molecule has 0 fully saturated rings. The Morgan fingerprint density at radius 1 is 1.18 bits per heavy atom. The molecule has 0 bridgehead atoms. The van der Waals surface area contributed by atoms with Gasteiger partial charge in [-0.2, -0.15) is 0 Å². The first kappa shape index (κ1) is 20.1. The zero-order chi connectivity index (χ0) is 20.1. The highest BCUT2D eigenvalue weighted by Gasteiger charge is 2.16. The minimum atomic E-state index is 0.0394. The van der Waals surface area contributed by atoms with Crippen molar-refractivity contribution in [2.24, 2.45) is 0 Å². The number of nitrogens with zero attached hydrogens (tertiary/aromatic N) is 3. The van der Waals surface area contributed by atoms with E-state index in [2.05, 4.69) is 22.5 Å². The van der Waals surface area contributed by atoms with Crippen LogP contribution < -0.4 is 9.47 Å². The number of methoxy groups -OCH3 is 2. The number of imidazole rings is 1. The van der Waals surface area contributed by atoms with Gasteiger partial charge in [0.15, 0.2) is 5.16 Å². The first-order valence-corrected chi connectivity index (χ1v) is 10.1. The zero-order valence-corrected chi connectivity index (χ0v) is 17.5. The predicted octanol–water partition coefficient (Wildman–Crippen LogP) is 3.82. The summed E-state index contributed by atoms with van der Waals surface area (Å²) >= 11 is 1.47. The molecule has 0 aliphatic heterocycles. The third kappa shape index (κ3) is 4.25. The van der Waals surface area contributed by atoms with Crippen LogP contribution in [0.15, 0.2) is 47.6 Å². The van der Waals surface area contributed by atoms with E-state index >= 15 is 0 Å². The van der Waals surface area contributed by atoms with Gasteiger partial charge < -0.3 is 18.9 Å². The maximum atomic E-state index is 12.7. The lowest BCUT2D eigenvalue weighted by Gasteiger charge is -2.19. The van der Waals surface area contributed by atoms with Gasteiger partial charge in [0.25, 0.3) is 0 Å². The van der Waals surface area contributed by atoms with Crippen molar-refractivity contribution < 1.29 is 14.3 Å². The zero-order valence-electron chi connectivity index (χ0n) is 16.6. The minimum absolute atomic E-state index is 0.0394. The van der Waals surface area contributed by atoms with E-state index in [1.54, 1.807) is 26.2 Å². The number of amides is 1. The van der Waals surface area contributed by atoms with Gasteiger partial charge in [0.2, 0.25) is 5.91 Å². The summed E-state index contributed by atoms with van der Waals surface area (Å²) < 4.78 is 12.8. The summed E-state index contributed by atoms with van der Waals surface area (Å²) in [6, 6.07) is 13.7. The number of carbonyl (C=O) groups is 1. The summed E-state index contributed by atoms with van der Waals surface area (Å²) in [6.45, 7) is 3.37. The molecular formula is C21H25N3O3S. The fourth-order valence-electron chi connectivity index (χ4n) is 3.03. The number of carbonyl (C=O) groups excluding carboxylic acids is 1. The van der Waals surface area contributed by atoms with Gasteiger partial charge >= 0.3 is 0 Å². The summed E-state index contributed by atoms with van der Waals surface area (Å²) in [5.41, 5.74) is 2.98. The number of para-hydroxylation sites is 2. The molecule has 0 spiro atoms. The van der Waals surface area contributed by atoms with Gasteiger partial charge in [-0.1, -0.05) is 23.9 Å². The van der Waals surface area contributed by atoms with Crippen LogP contribution in [0.25, 0.3) is 11.0 Å². The predicted molar refractivity (Wildman–Crippen MR) is 112 cm³/mol. The molecule has 2 aromatic carbocycles. The molecule has 28 heavy (non-hydrogen) atoms. The van der Waals surface area contributed by atoms with E-state index in [9.17, 15) is 4.79 Å². The normalized spacial score (nSPS) is 10.9. The molecule has 0 saturated heterocycles. The minimum Gasteiger partial charge on any atom is -0.497 e. The molecule has 7 heteroatoms. The Balaban J connectivity index is 1.67. The molecule has 1 aromatic heterocycles. The van der Waals surface area contributed by atoms with E-state index in [1.165, 1.54) is 11.8 Å². The van der Waals surface area contributed by atoms with Crippen LogP contribution in [0.4, 0.5) is 0 Å². The molecule has 0 atom stereocenters. The van der Waals surface area contributed by atoms with Crippen LogP contribution >= 0.6 is 11.8 Å². The van der Waals surface area contributed by atoms with Gasteiger partial charge in [0.1, 0.15) is 11.5 Å². The number of ether oxygens (including phenoxy) is 2. The number of aryl methyl sites for hydroxylation is 1. The highest BCUT2D eigenvalue weighted by molar-refractivity contribution is 7.99. The molecule has 0 aliphatic rings.